The number of hydrogen-bond donors (Lipinski definition) is 4. The lowest BCUT2D eigenvalue weighted by Gasteiger charge is -2.16. The number of nitrogens with zero attached hydrogens (tertiary/aromatic N) is 3. The van der Waals surface area contributed by atoms with E-state index in [1.165, 1.54) is 17.2 Å². The normalized spacial score (nSPS) is 39.0. The number of aromatic nitrogens is 4. The lowest BCUT2D eigenvalue weighted by atomic mass is 10.1. The van der Waals surface area contributed by atoms with Crippen LogP contribution in [0.3, 0.4) is 0 Å². The van der Waals surface area contributed by atoms with Crippen molar-refractivity contribution in [2.24, 2.45) is 5.92 Å². The zero-order chi connectivity index (χ0) is 14.7. The highest BCUT2D eigenvalue weighted by molar-refractivity contribution is 5.68. The molecule has 2 fully saturated rings. The Bertz CT molecular complexity index is 743. The van der Waals surface area contributed by atoms with Crippen LogP contribution in [0.2, 0.25) is 0 Å². The highest BCUT2D eigenvalue weighted by Crippen LogP contribution is 2.43. The summed E-state index contributed by atoms with van der Waals surface area (Å²) in [6, 6.07) is 0. The van der Waals surface area contributed by atoms with Gasteiger partial charge in [-0.2, -0.15) is 0 Å². The molecule has 0 spiro atoms. The van der Waals surface area contributed by atoms with Crippen molar-refractivity contribution in [2.75, 3.05) is 0 Å². The molecule has 2 aromatic heterocycles. The summed E-state index contributed by atoms with van der Waals surface area (Å²) in [5, 5.41) is 29.7. The van der Waals surface area contributed by atoms with Gasteiger partial charge in [0.25, 0.3) is 5.56 Å². The summed E-state index contributed by atoms with van der Waals surface area (Å²) in [5.41, 5.74) is 0.0191. The Labute approximate surface area is 117 Å². The van der Waals surface area contributed by atoms with Gasteiger partial charge >= 0.3 is 0 Å². The number of aliphatic hydroxyl groups excluding tert-OH is 3. The molecule has 4 N–H and O–H groups in total. The Morgan fingerprint density at radius 3 is 2.76 bits per heavy atom. The lowest BCUT2D eigenvalue weighted by molar-refractivity contribution is -0.0454. The molecule has 4 rings (SSSR count). The topological polar surface area (TPSA) is 133 Å². The maximum atomic E-state index is 11.6. The van der Waals surface area contributed by atoms with Gasteiger partial charge in [0.15, 0.2) is 17.4 Å². The van der Waals surface area contributed by atoms with Gasteiger partial charge < -0.3 is 25.0 Å². The Morgan fingerprint density at radius 1 is 1.29 bits per heavy atom. The minimum atomic E-state index is -1.18. The summed E-state index contributed by atoms with van der Waals surface area (Å²) in [7, 11) is 0. The number of fused-ring (bicyclic) bond motifs is 1. The van der Waals surface area contributed by atoms with E-state index < -0.39 is 30.6 Å². The fourth-order valence-corrected chi connectivity index (χ4v) is 2.87. The number of ether oxygens (including phenoxy) is 1. The molecule has 0 amide bonds. The van der Waals surface area contributed by atoms with Gasteiger partial charge in [-0.25, -0.2) is 9.97 Å². The number of aliphatic hydroxyl groups is 3. The van der Waals surface area contributed by atoms with Crippen LogP contribution in [-0.2, 0) is 4.74 Å². The highest BCUT2D eigenvalue weighted by Gasteiger charge is 2.54. The quantitative estimate of drug-likeness (QED) is 0.509. The van der Waals surface area contributed by atoms with E-state index in [9.17, 15) is 20.1 Å². The third kappa shape index (κ3) is 1.82. The van der Waals surface area contributed by atoms with Crippen molar-refractivity contribution < 1.29 is 20.1 Å². The molecule has 9 nitrogen and oxygen atoms in total. The van der Waals surface area contributed by atoms with Crippen LogP contribution in [0, 0.1) is 5.92 Å². The minimum Gasteiger partial charge on any atom is -0.393 e. The predicted octanol–water partition coefficient (Wildman–Crippen LogP) is -1.88. The average molecular weight is 294 g/mol. The summed E-state index contributed by atoms with van der Waals surface area (Å²) in [6.07, 6.45) is -1.18. The van der Waals surface area contributed by atoms with E-state index in [4.69, 9.17) is 4.74 Å². The second kappa shape index (κ2) is 4.34. The van der Waals surface area contributed by atoms with Crippen molar-refractivity contribution >= 4 is 11.2 Å². The van der Waals surface area contributed by atoms with E-state index >= 15 is 0 Å². The number of aromatic amines is 1. The van der Waals surface area contributed by atoms with Crippen molar-refractivity contribution in [1.82, 2.24) is 19.5 Å². The van der Waals surface area contributed by atoms with Gasteiger partial charge in [-0.05, 0) is 6.42 Å². The summed E-state index contributed by atoms with van der Waals surface area (Å²) in [4.78, 5) is 22.0. The average Bonchev–Trinajstić information content (AvgIpc) is 2.91. The fourth-order valence-electron chi connectivity index (χ4n) is 2.87. The molecule has 0 aromatic carbocycles. The maximum absolute atomic E-state index is 11.6. The molecular weight excluding hydrogens is 280 g/mol. The van der Waals surface area contributed by atoms with Crippen molar-refractivity contribution in [3.63, 3.8) is 0 Å². The summed E-state index contributed by atoms with van der Waals surface area (Å²) < 4.78 is 7.11. The zero-order valence-electron chi connectivity index (χ0n) is 10.8. The van der Waals surface area contributed by atoms with Crippen LogP contribution in [0.4, 0.5) is 0 Å². The summed E-state index contributed by atoms with van der Waals surface area (Å²) in [6.45, 7) is 0. The molecule has 3 heterocycles. The monoisotopic (exact) mass is 294 g/mol. The molecule has 6 atom stereocenters. The van der Waals surface area contributed by atoms with Crippen LogP contribution in [0.1, 0.15) is 12.6 Å². The minimum absolute atomic E-state index is 0.137. The molecule has 9 heteroatoms. The van der Waals surface area contributed by atoms with Gasteiger partial charge in [0.2, 0.25) is 0 Å². The van der Waals surface area contributed by atoms with Gasteiger partial charge in [-0.15, -0.1) is 0 Å². The third-order valence-electron chi connectivity index (χ3n) is 4.14. The van der Waals surface area contributed by atoms with E-state index in [1.807, 2.05) is 0 Å². The number of rotatable bonds is 2. The van der Waals surface area contributed by atoms with Crippen LogP contribution < -0.4 is 5.56 Å². The second-order valence-electron chi connectivity index (χ2n) is 5.50. The first-order valence-corrected chi connectivity index (χ1v) is 6.68. The number of nitrogens with one attached hydrogen (secondary N) is 1. The Morgan fingerprint density at radius 2 is 2.05 bits per heavy atom. The number of imidazole rings is 1. The molecule has 112 valence electrons. The molecule has 1 saturated heterocycles. The van der Waals surface area contributed by atoms with Crippen molar-refractivity contribution in [3.8, 4) is 0 Å². The predicted molar refractivity (Wildman–Crippen MR) is 68.2 cm³/mol. The van der Waals surface area contributed by atoms with E-state index in [1.54, 1.807) is 0 Å². The van der Waals surface area contributed by atoms with Gasteiger partial charge in [-0.3, -0.25) is 9.36 Å². The molecule has 21 heavy (non-hydrogen) atoms. The second-order valence-corrected chi connectivity index (χ2v) is 5.50. The molecule has 1 aliphatic carbocycles. The van der Waals surface area contributed by atoms with Crippen molar-refractivity contribution in [1.29, 1.82) is 0 Å². The smallest absolute Gasteiger partial charge is 0.278 e. The Kier molecular flexibility index (Phi) is 2.67. The van der Waals surface area contributed by atoms with E-state index in [-0.39, 0.29) is 22.6 Å². The van der Waals surface area contributed by atoms with Crippen LogP contribution in [0.25, 0.3) is 11.2 Å². The largest absolute Gasteiger partial charge is 0.393 e. The number of H-pyrrole nitrogens is 1. The fraction of sp³-hybridized carbons (Fsp3) is 0.583. The van der Waals surface area contributed by atoms with Crippen LogP contribution in [0.5, 0.6) is 0 Å². The highest BCUT2D eigenvalue weighted by atomic mass is 16.6. The van der Waals surface area contributed by atoms with Crippen LogP contribution in [-0.4, -0.2) is 59.3 Å². The van der Waals surface area contributed by atoms with Gasteiger partial charge in [-0.1, -0.05) is 0 Å². The first-order valence-electron chi connectivity index (χ1n) is 6.68. The molecule has 2 aromatic rings. The van der Waals surface area contributed by atoms with E-state index in [2.05, 4.69) is 15.0 Å². The van der Waals surface area contributed by atoms with E-state index in [0.717, 1.165) is 0 Å². The Hall–Kier alpha value is -1.81. The summed E-state index contributed by atoms with van der Waals surface area (Å²) >= 11 is 0. The molecule has 2 aliphatic rings. The summed E-state index contributed by atoms with van der Waals surface area (Å²) in [5.74, 6) is -0.175. The third-order valence-corrected chi connectivity index (χ3v) is 4.14. The van der Waals surface area contributed by atoms with Gasteiger partial charge in [0, 0.05) is 5.92 Å². The number of hydrogen-bond acceptors (Lipinski definition) is 7. The first kappa shape index (κ1) is 12.9. The SMILES string of the molecule is O=c1[nH]cnc2c1ncn2C1O[C@H](C2CC2O)[C@@H](O)[C@H]1O. The molecule has 0 bridgehead atoms. The zero-order valence-corrected chi connectivity index (χ0v) is 10.8. The molecule has 0 radical (unpaired) electrons. The molecule has 3 unspecified atom stereocenters. The lowest BCUT2D eigenvalue weighted by Crippen LogP contribution is -2.33. The van der Waals surface area contributed by atoms with Crippen molar-refractivity contribution in [2.45, 2.75) is 37.1 Å². The first-order chi connectivity index (χ1) is 10.1. The van der Waals surface area contributed by atoms with Crippen molar-refractivity contribution in [3.05, 3.63) is 23.0 Å². The van der Waals surface area contributed by atoms with Gasteiger partial charge in [0.1, 0.15) is 12.2 Å². The molecule has 1 aliphatic heterocycles. The maximum Gasteiger partial charge on any atom is 0.278 e. The Balaban J connectivity index is 1.72. The van der Waals surface area contributed by atoms with Crippen LogP contribution >= 0.6 is 0 Å². The molecule has 1 saturated carbocycles. The van der Waals surface area contributed by atoms with E-state index in [0.29, 0.717) is 6.42 Å². The van der Waals surface area contributed by atoms with Gasteiger partial charge in [0.05, 0.1) is 24.9 Å². The standard InChI is InChI=1S/C12H14N4O5/c17-5-1-4(5)9-7(18)8(19)12(21-9)16-3-15-6-10(16)13-2-14-11(6)20/h2-5,7-9,12,17-19H,1H2,(H,13,14,20)/t4?,5?,7-,8+,9+,12?/m0/s1. The molecular formula is C12H14N4O5. The van der Waals surface area contributed by atoms with Crippen LogP contribution in [0.15, 0.2) is 17.4 Å².